The minimum atomic E-state index is -0.257. The molecular weight excluding hydrogens is 92.1 g/mol. The number of hydrogen-bond donors (Lipinski definition) is 2. The molecule has 0 saturated heterocycles. The number of primary amides is 1. The number of rotatable bonds is 1. The van der Waals surface area contributed by atoms with Gasteiger partial charge in [0, 0.05) is 6.04 Å². The van der Waals surface area contributed by atoms with Crippen LogP contribution in [-0.2, 0) is 4.79 Å². The molecule has 0 unspecified atom stereocenters. The van der Waals surface area contributed by atoms with E-state index in [4.69, 9.17) is 11.5 Å². The van der Waals surface area contributed by atoms with Gasteiger partial charge in [-0.05, 0) is 6.42 Å². The molecule has 0 aromatic carbocycles. The third-order valence-electron chi connectivity index (χ3n) is 1.21. The minimum absolute atomic E-state index is 0.0139. The van der Waals surface area contributed by atoms with Crippen LogP contribution in [0.1, 0.15) is 6.42 Å². The molecule has 4 N–H and O–H groups in total. The predicted molar refractivity (Wildman–Crippen MR) is 25.3 cm³/mol. The van der Waals surface area contributed by atoms with Crippen molar-refractivity contribution in [1.82, 2.24) is 0 Å². The standard InChI is InChI=1S/C4H8N2O/c5-3-1-2(3)4(6)7/h2-3H,1,5H2,(H2,6,7)/t2-,3-/m0/s1. The minimum Gasteiger partial charge on any atom is -0.369 e. The van der Waals surface area contributed by atoms with E-state index in [0.717, 1.165) is 6.42 Å². The number of nitrogens with two attached hydrogens (primary N) is 2. The summed E-state index contributed by atoms with van der Waals surface area (Å²) in [5.74, 6) is -0.271. The topological polar surface area (TPSA) is 69.1 Å². The normalized spacial score (nSPS) is 37.9. The molecule has 40 valence electrons. The van der Waals surface area contributed by atoms with Crippen molar-refractivity contribution >= 4 is 5.91 Å². The molecule has 0 spiro atoms. The highest BCUT2D eigenvalue weighted by Crippen LogP contribution is 2.26. The number of carbonyl (C=O) groups is 1. The summed E-state index contributed by atoms with van der Waals surface area (Å²) in [4.78, 5) is 10.1. The van der Waals surface area contributed by atoms with Crippen LogP contribution in [0.3, 0.4) is 0 Å². The average molecular weight is 100 g/mol. The zero-order valence-corrected chi connectivity index (χ0v) is 3.92. The molecule has 1 fully saturated rings. The van der Waals surface area contributed by atoms with Crippen molar-refractivity contribution in [2.24, 2.45) is 17.4 Å². The summed E-state index contributed by atoms with van der Waals surface area (Å²) in [6, 6.07) is 0.0671. The summed E-state index contributed by atoms with van der Waals surface area (Å²) in [5.41, 5.74) is 10.1. The lowest BCUT2D eigenvalue weighted by Gasteiger charge is -1.81. The van der Waals surface area contributed by atoms with Gasteiger partial charge in [-0.15, -0.1) is 0 Å². The molecular formula is C4H8N2O. The Hall–Kier alpha value is -0.570. The molecule has 1 aliphatic rings. The van der Waals surface area contributed by atoms with Gasteiger partial charge in [0.25, 0.3) is 0 Å². The molecule has 7 heavy (non-hydrogen) atoms. The molecule has 1 rings (SSSR count). The van der Waals surface area contributed by atoms with E-state index >= 15 is 0 Å². The first-order valence-electron chi connectivity index (χ1n) is 2.26. The van der Waals surface area contributed by atoms with Crippen molar-refractivity contribution in [1.29, 1.82) is 0 Å². The van der Waals surface area contributed by atoms with Crippen LogP contribution in [-0.4, -0.2) is 11.9 Å². The quantitative estimate of drug-likeness (QED) is 0.435. The Morgan fingerprint density at radius 1 is 1.71 bits per heavy atom. The number of carbonyl (C=O) groups excluding carboxylic acids is 1. The van der Waals surface area contributed by atoms with Crippen LogP contribution in [0.25, 0.3) is 0 Å². The summed E-state index contributed by atoms with van der Waals surface area (Å²) in [7, 11) is 0. The van der Waals surface area contributed by atoms with E-state index in [1.165, 1.54) is 0 Å². The number of amides is 1. The first kappa shape index (κ1) is 4.59. The van der Waals surface area contributed by atoms with Crippen molar-refractivity contribution in [3.63, 3.8) is 0 Å². The Morgan fingerprint density at radius 2 is 2.14 bits per heavy atom. The molecule has 1 saturated carbocycles. The second-order valence-electron chi connectivity index (χ2n) is 1.91. The second-order valence-corrected chi connectivity index (χ2v) is 1.91. The monoisotopic (exact) mass is 100 g/mol. The summed E-state index contributed by atoms with van der Waals surface area (Å²) in [6.45, 7) is 0. The van der Waals surface area contributed by atoms with Gasteiger partial charge >= 0.3 is 0 Å². The average Bonchev–Trinajstić information content (AvgIpc) is 2.17. The maximum absolute atomic E-state index is 10.1. The first-order chi connectivity index (χ1) is 3.22. The molecule has 0 aliphatic heterocycles. The Bertz CT molecular complexity index is 102. The lowest BCUT2D eigenvalue weighted by molar-refractivity contribution is -0.119. The highest BCUT2D eigenvalue weighted by atomic mass is 16.1. The van der Waals surface area contributed by atoms with Gasteiger partial charge < -0.3 is 11.5 Å². The van der Waals surface area contributed by atoms with Crippen LogP contribution < -0.4 is 11.5 Å². The van der Waals surface area contributed by atoms with E-state index < -0.39 is 0 Å². The van der Waals surface area contributed by atoms with Crippen LogP contribution in [0.4, 0.5) is 0 Å². The summed E-state index contributed by atoms with van der Waals surface area (Å²) >= 11 is 0. The van der Waals surface area contributed by atoms with E-state index in [1.54, 1.807) is 0 Å². The fraction of sp³-hybridized carbons (Fsp3) is 0.750. The molecule has 3 heteroatoms. The molecule has 1 amide bonds. The highest BCUT2D eigenvalue weighted by Gasteiger charge is 2.38. The van der Waals surface area contributed by atoms with E-state index in [-0.39, 0.29) is 17.9 Å². The van der Waals surface area contributed by atoms with E-state index in [9.17, 15) is 4.79 Å². The van der Waals surface area contributed by atoms with E-state index in [1.807, 2.05) is 0 Å². The molecule has 1 aliphatic carbocycles. The maximum Gasteiger partial charge on any atom is 0.222 e. The van der Waals surface area contributed by atoms with E-state index in [2.05, 4.69) is 0 Å². The Kier molecular flexibility index (Phi) is 0.785. The molecule has 3 nitrogen and oxygen atoms in total. The van der Waals surface area contributed by atoms with Gasteiger partial charge in [0.1, 0.15) is 0 Å². The van der Waals surface area contributed by atoms with Gasteiger partial charge in [-0.1, -0.05) is 0 Å². The van der Waals surface area contributed by atoms with Gasteiger partial charge in [0.2, 0.25) is 5.91 Å². The van der Waals surface area contributed by atoms with E-state index in [0.29, 0.717) is 0 Å². The van der Waals surface area contributed by atoms with Gasteiger partial charge in [-0.25, -0.2) is 0 Å². The fourth-order valence-corrected chi connectivity index (χ4v) is 0.542. The Morgan fingerprint density at radius 3 is 2.14 bits per heavy atom. The predicted octanol–water partition coefficient (Wildman–Crippen LogP) is -1.18. The zero-order chi connectivity index (χ0) is 5.44. The lowest BCUT2D eigenvalue weighted by Crippen LogP contribution is -2.18. The van der Waals surface area contributed by atoms with Gasteiger partial charge in [-0.2, -0.15) is 0 Å². The van der Waals surface area contributed by atoms with Gasteiger partial charge in [-0.3, -0.25) is 4.79 Å². The largest absolute Gasteiger partial charge is 0.369 e. The molecule has 0 aromatic heterocycles. The Balaban J connectivity index is 2.33. The fourth-order valence-electron chi connectivity index (χ4n) is 0.542. The van der Waals surface area contributed by atoms with Gasteiger partial charge in [0.05, 0.1) is 5.92 Å². The van der Waals surface area contributed by atoms with Crippen molar-refractivity contribution in [2.45, 2.75) is 12.5 Å². The highest BCUT2D eigenvalue weighted by molar-refractivity contribution is 5.80. The molecule has 0 heterocycles. The molecule has 2 atom stereocenters. The summed E-state index contributed by atoms with van der Waals surface area (Å²) in [5, 5.41) is 0. The zero-order valence-electron chi connectivity index (χ0n) is 3.92. The van der Waals surface area contributed by atoms with Crippen LogP contribution in [0.5, 0.6) is 0 Å². The third-order valence-corrected chi connectivity index (χ3v) is 1.21. The SMILES string of the molecule is NC(=O)[C@H]1C[C@@H]1N. The number of hydrogen-bond acceptors (Lipinski definition) is 2. The maximum atomic E-state index is 10.1. The molecule has 0 aromatic rings. The molecule has 0 radical (unpaired) electrons. The van der Waals surface area contributed by atoms with Crippen LogP contribution in [0.2, 0.25) is 0 Å². The smallest absolute Gasteiger partial charge is 0.222 e. The van der Waals surface area contributed by atoms with Crippen LogP contribution >= 0.6 is 0 Å². The van der Waals surface area contributed by atoms with Crippen molar-refractivity contribution in [2.75, 3.05) is 0 Å². The summed E-state index contributed by atoms with van der Waals surface area (Å²) < 4.78 is 0. The first-order valence-corrected chi connectivity index (χ1v) is 2.26. The van der Waals surface area contributed by atoms with Crippen molar-refractivity contribution < 1.29 is 4.79 Å². The van der Waals surface area contributed by atoms with Gasteiger partial charge in [0.15, 0.2) is 0 Å². The molecule has 0 bridgehead atoms. The van der Waals surface area contributed by atoms with Crippen molar-refractivity contribution in [3.05, 3.63) is 0 Å². The lowest BCUT2D eigenvalue weighted by atomic mass is 10.4. The van der Waals surface area contributed by atoms with Crippen LogP contribution in [0.15, 0.2) is 0 Å². The Labute approximate surface area is 41.7 Å². The summed E-state index contributed by atoms with van der Waals surface area (Å²) in [6.07, 6.45) is 0.787. The second kappa shape index (κ2) is 1.20. The van der Waals surface area contributed by atoms with Crippen LogP contribution in [0, 0.1) is 5.92 Å². The third kappa shape index (κ3) is 0.718. The van der Waals surface area contributed by atoms with Crippen molar-refractivity contribution in [3.8, 4) is 0 Å².